The first-order valence-electron chi connectivity index (χ1n) is 6.74. The number of amides is 1. The van der Waals surface area contributed by atoms with Gasteiger partial charge in [-0.1, -0.05) is 27.2 Å². The number of hydrogen-bond donors (Lipinski definition) is 1. The summed E-state index contributed by atoms with van der Waals surface area (Å²) in [4.78, 5) is 13.9. The van der Waals surface area contributed by atoms with Gasteiger partial charge in [0.2, 0.25) is 5.91 Å². The van der Waals surface area contributed by atoms with Crippen LogP contribution >= 0.6 is 0 Å². The molecule has 16 heavy (non-hydrogen) atoms. The number of hydrogen-bond acceptors (Lipinski definition) is 2. The lowest BCUT2D eigenvalue weighted by Crippen LogP contribution is -2.50. The molecule has 1 aliphatic heterocycles. The summed E-state index contributed by atoms with van der Waals surface area (Å²) in [7, 11) is 0. The molecule has 0 radical (unpaired) electrons. The van der Waals surface area contributed by atoms with Gasteiger partial charge in [-0.2, -0.15) is 0 Å². The topological polar surface area (TPSA) is 32.3 Å². The first-order chi connectivity index (χ1) is 7.72. The molecular formula is C13H26N2O. The lowest BCUT2D eigenvalue weighted by molar-refractivity contribution is -0.133. The number of nitrogens with zero attached hydrogens (tertiary/aromatic N) is 1. The highest BCUT2D eigenvalue weighted by Crippen LogP contribution is 2.20. The zero-order valence-electron chi connectivity index (χ0n) is 11.0. The Morgan fingerprint density at radius 1 is 1.38 bits per heavy atom. The van der Waals surface area contributed by atoms with Gasteiger partial charge in [0.05, 0.1) is 0 Å². The van der Waals surface area contributed by atoms with Gasteiger partial charge < -0.3 is 10.2 Å². The number of carbonyl (C=O) groups is 1. The highest BCUT2D eigenvalue weighted by Gasteiger charge is 2.29. The Morgan fingerprint density at radius 3 is 2.69 bits per heavy atom. The van der Waals surface area contributed by atoms with Crippen LogP contribution in [0.3, 0.4) is 0 Å². The highest BCUT2D eigenvalue weighted by atomic mass is 16.2. The molecule has 0 spiro atoms. The second-order valence-corrected chi connectivity index (χ2v) is 4.71. The minimum Gasteiger partial charge on any atom is -0.342 e. The summed E-state index contributed by atoms with van der Waals surface area (Å²) in [5.74, 6) is 0.977. The first-order valence-corrected chi connectivity index (χ1v) is 6.74. The number of piperidine rings is 1. The summed E-state index contributed by atoms with van der Waals surface area (Å²) in [6.45, 7) is 9.37. The van der Waals surface area contributed by atoms with Crippen molar-refractivity contribution < 1.29 is 4.79 Å². The van der Waals surface area contributed by atoms with Gasteiger partial charge in [0.25, 0.3) is 0 Å². The fraction of sp³-hybridized carbons (Fsp3) is 0.923. The van der Waals surface area contributed by atoms with Gasteiger partial charge in [-0.15, -0.1) is 0 Å². The molecule has 94 valence electrons. The number of nitrogens with one attached hydrogen (secondary N) is 1. The van der Waals surface area contributed by atoms with Crippen LogP contribution in [0.2, 0.25) is 0 Å². The third-order valence-electron chi connectivity index (χ3n) is 3.54. The quantitative estimate of drug-likeness (QED) is 0.778. The van der Waals surface area contributed by atoms with Crippen LogP contribution in [0.15, 0.2) is 0 Å². The van der Waals surface area contributed by atoms with Crippen LogP contribution in [-0.2, 0) is 4.79 Å². The molecule has 0 aliphatic carbocycles. The smallest absolute Gasteiger partial charge is 0.222 e. The monoisotopic (exact) mass is 226 g/mol. The summed E-state index contributed by atoms with van der Waals surface area (Å²) in [6.07, 6.45) is 3.94. The van der Waals surface area contributed by atoms with Crippen LogP contribution in [0.5, 0.6) is 0 Å². The molecular weight excluding hydrogens is 200 g/mol. The van der Waals surface area contributed by atoms with E-state index in [-0.39, 0.29) is 0 Å². The lowest BCUT2D eigenvalue weighted by Gasteiger charge is -2.38. The van der Waals surface area contributed by atoms with E-state index in [1.54, 1.807) is 0 Å². The standard InChI is InChI=1S/C13H26N2O/c1-4-7-13(16)15-9-8-12(14-6-3)11(5-2)10-15/h11-12,14H,4-10H2,1-3H3. The Balaban J connectivity index is 2.48. The molecule has 0 aromatic carbocycles. The average Bonchev–Trinajstić information content (AvgIpc) is 2.30. The van der Waals surface area contributed by atoms with Crippen molar-refractivity contribution in [1.82, 2.24) is 10.2 Å². The molecule has 1 rings (SSSR count). The maximum atomic E-state index is 11.8. The zero-order valence-corrected chi connectivity index (χ0v) is 11.0. The van der Waals surface area contributed by atoms with Gasteiger partial charge in [-0.05, 0) is 25.3 Å². The van der Waals surface area contributed by atoms with Crippen LogP contribution in [-0.4, -0.2) is 36.5 Å². The van der Waals surface area contributed by atoms with Crippen molar-refractivity contribution in [1.29, 1.82) is 0 Å². The Bertz CT molecular complexity index is 218. The molecule has 3 nitrogen and oxygen atoms in total. The number of rotatable bonds is 5. The van der Waals surface area contributed by atoms with Crippen molar-refractivity contribution in [3.05, 3.63) is 0 Å². The Hall–Kier alpha value is -0.570. The minimum atomic E-state index is 0.343. The summed E-state index contributed by atoms with van der Waals surface area (Å²) in [6, 6.07) is 0.612. The van der Waals surface area contributed by atoms with E-state index < -0.39 is 0 Å². The van der Waals surface area contributed by atoms with Gasteiger partial charge in [0, 0.05) is 25.6 Å². The molecule has 2 atom stereocenters. The van der Waals surface area contributed by atoms with Crippen molar-refractivity contribution >= 4 is 5.91 Å². The molecule has 1 saturated heterocycles. The second-order valence-electron chi connectivity index (χ2n) is 4.71. The predicted octanol–water partition coefficient (Wildman–Crippen LogP) is 2.02. The fourth-order valence-corrected chi connectivity index (χ4v) is 2.58. The second kappa shape index (κ2) is 6.89. The van der Waals surface area contributed by atoms with Crippen molar-refractivity contribution in [3.63, 3.8) is 0 Å². The van der Waals surface area contributed by atoms with E-state index in [0.717, 1.165) is 38.9 Å². The highest BCUT2D eigenvalue weighted by molar-refractivity contribution is 5.76. The van der Waals surface area contributed by atoms with E-state index in [2.05, 4.69) is 31.0 Å². The normalized spacial score (nSPS) is 25.8. The van der Waals surface area contributed by atoms with Crippen molar-refractivity contribution in [2.24, 2.45) is 5.92 Å². The van der Waals surface area contributed by atoms with Gasteiger partial charge in [-0.3, -0.25) is 4.79 Å². The zero-order chi connectivity index (χ0) is 12.0. The molecule has 0 aromatic rings. The number of carbonyl (C=O) groups excluding carboxylic acids is 1. The van der Waals surface area contributed by atoms with Crippen molar-refractivity contribution in [3.8, 4) is 0 Å². The summed E-state index contributed by atoms with van der Waals surface area (Å²) in [5, 5.41) is 3.54. The maximum absolute atomic E-state index is 11.8. The van der Waals surface area contributed by atoms with E-state index in [1.807, 2.05) is 0 Å². The third-order valence-corrected chi connectivity index (χ3v) is 3.54. The van der Waals surface area contributed by atoms with Crippen LogP contribution in [0, 0.1) is 5.92 Å². The third kappa shape index (κ3) is 3.48. The van der Waals surface area contributed by atoms with Gasteiger partial charge in [0.15, 0.2) is 0 Å². The SMILES string of the molecule is CCCC(=O)N1CCC(NCC)C(CC)C1. The number of likely N-dealkylation sites (tertiary alicyclic amines) is 1. The van der Waals surface area contributed by atoms with Gasteiger partial charge >= 0.3 is 0 Å². The largest absolute Gasteiger partial charge is 0.342 e. The van der Waals surface area contributed by atoms with Crippen molar-refractivity contribution in [2.45, 2.75) is 52.5 Å². The molecule has 0 bridgehead atoms. The van der Waals surface area contributed by atoms with E-state index in [9.17, 15) is 4.79 Å². The molecule has 0 aromatic heterocycles. The van der Waals surface area contributed by atoms with E-state index in [4.69, 9.17) is 0 Å². The Kier molecular flexibility index (Phi) is 5.81. The van der Waals surface area contributed by atoms with Gasteiger partial charge in [-0.25, -0.2) is 0 Å². The molecule has 2 unspecified atom stereocenters. The van der Waals surface area contributed by atoms with E-state index in [1.165, 1.54) is 0 Å². The first kappa shape index (κ1) is 13.5. The van der Waals surface area contributed by atoms with E-state index in [0.29, 0.717) is 24.3 Å². The summed E-state index contributed by atoms with van der Waals surface area (Å²) < 4.78 is 0. The fourth-order valence-electron chi connectivity index (χ4n) is 2.58. The lowest BCUT2D eigenvalue weighted by atomic mass is 9.89. The molecule has 3 heteroatoms. The average molecular weight is 226 g/mol. The van der Waals surface area contributed by atoms with Crippen LogP contribution in [0.1, 0.15) is 46.5 Å². The van der Waals surface area contributed by atoms with Crippen LogP contribution in [0.4, 0.5) is 0 Å². The van der Waals surface area contributed by atoms with Gasteiger partial charge in [0.1, 0.15) is 0 Å². The molecule has 1 aliphatic rings. The molecule has 1 fully saturated rings. The van der Waals surface area contributed by atoms with Crippen molar-refractivity contribution in [2.75, 3.05) is 19.6 Å². The Labute approximate surface area is 99.6 Å². The molecule has 1 heterocycles. The van der Waals surface area contributed by atoms with Crippen LogP contribution in [0.25, 0.3) is 0 Å². The maximum Gasteiger partial charge on any atom is 0.222 e. The van der Waals surface area contributed by atoms with E-state index >= 15 is 0 Å². The molecule has 0 saturated carbocycles. The Morgan fingerprint density at radius 2 is 2.12 bits per heavy atom. The molecule has 1 N–H and O–H groups in total. The summed E-state index contributed by atoms with van der Waals surface area (Å²) >= 11 is 0. The molecule has 1 amide bonds. The minimum absolute atomic E-state index is 0.343. The summed E-state index contributed by atoms with van der Waals surface area (Å²) in [5.41, 5.74) is 0. The predicted molar refractivity (Wildman–Crippen MR) is 67.4 cm³/mol. The van der Waals surface area contributed by atoms with Crippen LogP contribution < -0.4 is 5.32 Å².